The van der Waals surface area contributed by atoms with Crippen LogP contribution < -0.4 is 5.01 Å². The van der Waals surface area contributed by atoms with Gasteiger partial charge in [0.2, 0.25) is 5.13 Å². The SMILES string of the molecule is CC1=NN(c2nccs2)C(=O)C1. The van der Waals surface area contributed by atoms with Crippen LogP contribution in [0.25, 0.3) is 0 Å². The molecule has 0 saturated carbocycles. The van der Waals surface area contributed by atoms with Gasteiger partial charge in [-0.1, -0.05) is 0 Å². The van der Waals surface area contributed by atoms with Gasteiger partial charge in [-0.15, -0.1) is 11.3 Å². The standard InChI is InChI=1S/C7H7N3OS/c1-5-4-6(11)10(9-5)7-8-2-3-12-7/h2-3H,4H2,1H3. The van der Waals surface area contributed by atoms with Crippen LogP contribution in [0.1, 0.15) is 13.3 Å². The zero-order valence-electron chi connectivity index (χ0n) is 6.52. The number of hydrazone groups is 1. The Morgan fingerprint density at radius 2 is 2.50 bits per heavy atom. The molecule has 0 N–H and O–H groups in total. The summed E-state index contributed by atoms with van der Waals surface area (Å²) in [5.74, 6) is 0.00227. The molecule has 0 fully saturated rings. The maximum Gasteiger partial charge on any atom is 0.255 e. The summed E-state index contributed by atoms with van der Waals surface area (Å²) in [5.41, 5.74) is 0.843. The lowest BCUT2D eigenvalue weighted by Crippen LogP contribution is -2.19. The van der Waals surface area contributed by atoms with Crippen LogP contribution in [0.2, 0.25) is 0 Å². The topological polar surface area (TPSA) is 45.6 Å². The molecule has 1 aromatic heterocycles. The number of amides is 1. The Labute approximate surface area is 73.5 Å². The molecule has 0 aliphatic carbocycles. The molecular weight excluding hydrogens is 174 g/mol. The van der Waals surface area contributed by atoms with Crippen molar-refractivity contribution in [3.05, 3.63) is 11.6 Å². The van der Waals surface area contributed by atoms with Crippen LogP contribution in [-0.2, 0) is 4.79 Å². The van der Waals surface area contributed by atoms with E-state index >= 15 is 0 Å². The molecular formula is C7H7N3OS. The first-order valence-corrected chi connectivity index (χ1v) is 4.42. The third kappa shape index (κ3) is 1.12. The molecule has 5 heteroatoms. The Hall–Kier alpha value is -1.23. The largest absolute Gasteiger partial charge is 0.272 e. The summed E-state index contributed by atoms with van der Waals surface area (Å²) < 4.78 is 0. The molecule has 0 spiro atoms. The van der Waals surface area contributed by atoms with E-state index in [2.05, 4.69) is 10.1 Å². The molecule has 1 aliphatic heterocycles. The van der Waals surface area contributed by atoms with Crippen molar-refractivity contribution >= 4 is 28.1 Å². The van der Waals surface area contributed by atoms with Gasteiger partial charge in [-0.3, -0.25) is 4.79 Å². The summed E-state index contributed by atoms with van der Waals surface area (Å²) in [6.07, 6.45) is 2.08. The lowest BCUT2D eigenvalue weighted by Gasteiger charge is -2.05. The second-order valence-electron chi connectivity index (χ2n) is 2.53. The zero-order chi connectivity index (χ0) is 8.55. The number of anilines is 1. The molecule has 2 rings (SSSR count). The summed E-state index contributed by atoms with van der Waals surface area (Å²) in [7, 11) is 0. The molecule has 0 saturated heterocycles. The van der Waals surface area contributed by atoms with Crippen LogP contribution in [0.5, 0.6) is 0 Å². The van der Waals surface area contributed by atoms with E-state index in [1.807, 2.05) is 12.3 Å². The Morgan fingerprint density at radius 1 is 1.67 bits per heavy atom. The number of hydrogen-bond acceptors (Lipinski definition) is 4. The Bertz CT molecular complexity index is 330. The van der Waals surface area contributed by atoms with Crippen molar-refractivity contribution in [1.29, 1.82) is 0 Å². The highest BCUT2D eigenvalue weighted by molar-refractivity contribution is 7.13. The summed E-state index contributed by atoms with van der Waals surface area (Å²) in [5, 5.41) is 7.90. The third-order valence-corrected chi connectivity index (χ3v) is 2.26. The molecule has 1 aromatic rings. The van der Waals surface area contributed by atoms with Crippen molar-refractivity contribution in [3.63, 3.8) is 0 Å². The Balaban J connectivity index is 2.31. The van der Waals surface area contributed by atoms with Crippen LogP contribution in [0.15, 0.2) is 16.7 Å². The zero-order valence-corrected chi connectivity index (χ0v) is 7.34. The van der Waals surface area contributed by atoms with E-state index in [-0.39, 0.29) is 5.91 Å². The predicted molar refractivity (Wildman–Crippen MR) is 47.3 cm³/mol. The smallest absolute Gasteiger partial charge is 0.255 e. The number of rotatable bonds is 1. The highest BCUT2D eigenvalue weighted by Gasteiger charge is 2.23. The van der Waals surface area contributed by atoms with Crippen molar-refractivity contribution in [2.24, 2.45) is 5.10 Å². The monoisotopic (exact) mass is 181 g/mol. The minimum atomic E-state index is 0.00227. The molecule has 0 bridgehead atoms. The van der Waals surface area contributed by atoms with E-state index in [4.69, 9.17) is 0 Å². The highest BCUT2D eigenvalue weighted by Crippen LogP contribution is 2.22. The van der Waals surface area contributed by atoms with Crippen molar-refractivity contribution in [3.8, 4) is 0 Å². The first kappa shape index (κ1) is 7.42. The molecule has 0 atom stereocenters. The number of nitrogens with zero attached hydrogens (tertiary/aromatic N) is 3. The van der Waals surface area contributed by atoms with E-state index in [0.29, 0.717) is 11.6 Å². The molecule has 0 radical (unpaired) electrons. The lowest BCUT2D eigenvalue weighted by molar-refractivity contribution is -0.116. The van der Waals surface area contributed by atoms with Gasteiger partial charge >= 0.3 is 0 Å². The molecule has 1 amide bonds. The molecule has 62 valence electrons. The lowest BCUT2D eigenvalue weighted by atomic mass is 10.3. The fraction of sp³-hybridized carbons (Fsp3) is 0.286. The van der Waals surface area contributed by atoms with Crippen molar-refractivity contribution in [1.82, 2.24) is 4.98 Å². The van der Waals surface area contributed by atoms with E-state index in [0.717, 1.165) is 5.71 Å². The average molecular weight is 181 g/mol. The third-order valence-electron chi connectivity index (χ3n) is 1.51. The van der Waals surface area contributed by atoms with Gasteiger partial charge in [0, 0.05) is 17.3 Å². The molecule has 2 heterocycles. The Kier molecular flexibility index (Phi) is 1.65. The fourth-order valence-corrected chi connectivity index (χ4v) is 1.63. The van der Waals surface area contributed by atoms with Crippen LogP contribution in [0.3, 0.4) is 0 Å². The van der Waals surface area contributed by atoms with Crippen LogP contribution in [-0.4, -0.2) is 16.6 Å². The molecule has 0 unspecified atom stereocenters. The second-order valence-corrected chi connectivity index (χ2v) is 3.41. The summed E-state index contributed by atoms with van der Waals surface area (Å²) in [6, 6.07) is 0. The summed E-state index contributed by atoms with van der Waals surface area (Å²) in [4.78, 5) is 15.3. The summed E-state index contributed by atoms with van der Waals surface area (Å²) >= 11 is 1.41. The first-order chi connectivity index (χ1) is 5.77. The van der Waals surface area contributed by atoms with Crippen molar-refractivity contribution in [2.75, 3.05) is 5.01 Å². The summed E-state index contributed by atoms with van der Waals surface area (Å²) in [6.45, 7) is 1.84. The van der Waals surface area contributed by atoms with E-state index in [9.17, 15) is 4.79 Å². The fourth-order valence-electron chi connectivity index (χ4n) is 1.03. The van der Waals surface area contributed by atoms with Gasteiger partial charge in [0.1, 0.15) is 0 Å². The van der Waals surface area contributed by atoms with Gasteiger partial charge in [-0.25, -0.2) is 4.98 Å². The van der Waals surface area contributed by atoms with Gasteiger partial charge in [-0.05, 0) is 6.92 Å². The van der Waals surface area contributed by atoms with Gasteiger partial charge in [0.15, 0.2) is 0 Å². The number of carbonyl (C=O) groups is 1. The number of carbonyl (C=O) groups excluding carboxylic acids is 1. The van der Waals surface area contributed by atoms with Gasteiger partial charge in [-0.2, -0.15) is 10.1 Å². The number of aromatic nitrogens is 1. The molecule has 1 aliphatic rings. The maximum atomic E-state index is 11.3. The predicted octanol–water partition coefficient (Wildman–Crippen LogP) is 1.26. The molecule has 12 heavy (non-hydrogen) atoms. The van der Waals surface area contributed by atoms with E-state index in [1.165, 1.54) is 16.3 Å². The van der Waals surface area contributed by atoms with Crippen LogP contribution in [0.4, 0.5) is 5.13 Å². The highest BCUT2D eigenvalue weighted by atomic mass is 32.1. The van der Waals surface area contributed by atoms with Crippen LogP contribution in [0, 0.1) is 0 Å². The van der Waals surface area contributed by atoms with Crippen molar-refractivity contribution < 1.29 is 4.79 Å². The normalized spacial score (nSPS) is 16.9. The molecule has 4 nitrogen and oxygen atoms in total. The minimum absolute atomic E-state index is 0.00227. The van der Waals surface area contributed by atoms with Gasteiger partial charge in [0.05, 0.1) is 6.42 Å². The van der Waals surface area contributed by atoms with Gasteiger partial charge in [0.25, 0.3) is 5.91 Å². The van der Waals surface area contributed by atoms with Gasteiger partial charge < -0.3 is 0 Å². The van der Waals surface area contributed by atoms with E-state index < -0.39 is 0 Å². The van der Waals surface area contributed by atoms with E-state index in [1.54, 1.807) is 6.20 Å². The van der Waals surface area contributed by atoms with Crippen LogP contribution >= 0.6 is 11.3 Å². The minimum Gasteiger partial charge on any atom is -0.272 e. The maximum absolute atomic E-state index is 11.3. The number of hydrogen-bond donors (Lipinski definition) is 0. The average Bonchev–Trinajstić information content (AvgIpc) is 2.58. The Morgan fingerprint density at radius 3 is 3.00 bits per heavy atom. The first-order valence-electron chi connectivity index (χ1n) is 3.54. The molecule has 0 aromatic carbocycles. The quantitative estimate of drug-likeness (QED) is 0.654. The van der Waals surface area contributed by atoms with Crippen molar-refractivity contribution in [2.45, 2.75) is 13.3 Å². The second kappa shape index (κ2) is 2.67. The number of thiazole rings is 1.